The lowest BCUT2D eigenvalue weighted by Crippen LogP contribution is -2.35. The molecule has 0 N–H and O–H groups in total. The number of alkyl halides is 1. The second-order valence-corrected chi connectivity index (χ2v) is 6.08. The van der Waals surface area contributed by atoms with Crippen LogP contribution in [-0.2, 0) is 0 Å². The van der Waals surface area contributed by atoms with Crippen molar-refractivity contribution in [2.24, 2.45) is 5.92 Å². The fraction of sp³-hybridized carbons (Fsp3) is 0.583. The Labute approximate surface area is 110 Å². The minimum atomic E-state index is 0.401. The summed E-state index contributed by atoms with van der Waals surface area (Å²) < 4.78 is 1.06. The summed E-state index contributed by atoms with van der Waals surface area (Å²) in [6.45, 7) is 3.14. The predicted octanol–water partition coefficient (Wildman–Crippen LogP) is 3.61. The van der Waals surface area contributed by atoms with Crippen molar-refractivity contribution in [3.63, 3.8) is 0 Å². The third kappa shape index (κ3) is 2.69. The van der Waals surface area contributed by atoms with Gasteiger partial charge in [-0.2, -0.15) is 0 Å². The van der Waals surface area contributed by atoms with Gasteiger partial charge in [-0.3, -0.25) is 0 Å². The molecule has 1 aromatic rings. The Hall–Kier alpha value is -0.280. The number of anilines is 1. The van der Waals surface area contributed by atoms with E-state index in [1.165, 1.54) is 5.56 Å². The molecule has 0 amide bonds. The van der Waals surface area contributed by atoms with E-state index in [1.54, 1.807) is 0 Å². The molecule has 1 aliphatic rings. The number of hydrogen-bond acceptors (Lipinski definition) is 2. The summed E-state index contributed by atoms with van der Waals surface area (Å²) in [4.78, 5) is 6.63. The van der Waals surface area contributed by atoms with Gasteiger partial charge in [0.05, 0.1) is 0 Å². The summed E-state index contributed by atoms with van der Waals surface area (Å²) in [7, 11) is 2.09. The number of aromatic nitrogens is 1. The van der Waals surface area contributed by atoms with E-state index in [9.17, 15) is 0 Å². The van der Waals surface area contributed by atoms with Crippen molar-refractivity contribution in [1.29, 1.82) is 0 Å². The summed E-state index contributed by atoms with van der Waals surface area (Å²) in [5.41, 5.74) is 1.22. The molecule has 2 rings (SSSR count). The zero-order valence-electron chi connectivity index (χ0n) is 9.58. The lowest BCUT2D eigenvalue weighted by molar-refractivity contribution is 0.328. The smallest absolute Gasteiger partial charge is 0.128 e. The van der Waals surface area contributed by atoms with Crippen molar-refractivity contribution in [3.8, 4) is 0 Å². The number of rotatable bonds is 3. The number of pyridine rings is 1. The van der Waals surface area contributed by atoms with Crippen LogP contribution < -0.4 is 4.90 Å². The van der Waals surface area contributed by atoms with Crippen LogP contribution in [0.5, 0.6) is 0 Å². The van der Waals surface area contributed by atoms with Crippen LogP contribution >= 0.6 is 27.5 Å². The first-order chi connectivity index (χ1) is 7.56. The lowest BCUT2D eigenvalue weighted by atomic mass is 9.84. The monoisotopic (exact) mass is 302 g/mol. The molecule has 0 bridgehead atoms. The first-order valence-corrected chi connectivity index (χ1v) is 6.76. The van der Waals surface area contributed by atoms with Crippen molar-refractivity contribution < 1.29 is 0 Å². The molecule has 16 heavy (non-hydrogen) atoms. The molecule has 0 saturated heterocycles. The van der Waals surface area contributed by atoms with Gasteiger partial charge < -0.3 is 4.90 Å². The van der Waals surface area contributed by atoms with E-state index < -0.39 is 0 Å². The Bertz CT molecular complexity index is 377. The average molecular weight is 304 g/mol. The molecule has 1 fully saturated rings. The van der Waals surface area contributed by atoms with Crippen molar-refractivity contribution in [3.05, 3.63) is 22.3 Å². The fourth-order valence-electron chi connectivity index (χ4n) is 2.02. The van der Waals surface area contributed by atoms with Crippen LogP contribution in [0.1, 0.15) is 18.4 Å². The molecule has 1 aromatic heterocycles. The van der Waals surface area contributed by atoms with Gasteiger partial charge in [0.1, 0.15) is 5.82 Å². The van der Waals surface area contributed by atoms with Crippen molar-refractivity contribution in [2.45, 2.75) is 25.1 Å². The highest BCUT2D eigenvalue weighted by molar-refractivity contribution is 9.10. The average Bonchev–Trinajstić information content (AvgIpc) is 2.19. The molecule has 0 radical (unpaired) electrons. The zero-order valence-corrected chi connectivity index (χ0v) is 11.9. The highest BCUT2D eigenvalue weighted by Crippen LogP contribution is 2.33. The van der Waals surface area contributed by atoms with Gasteiger partial charge in [0.25, 0.3) is 0 Å². The van der Waals surface area contributed by atoms with E-state index in [2.05, 4.69) is 45.9 Å². The molecular formula is C12H16BrClN2. The van der Waals surface area contributed by atoms with Gasteiger partial charge >= 0.3 is 0 Å². The summed E-state index contributed by atoms with van der Waals surface area (Å²) in [5, 5.41) is 0.401. The molecule has 88 valence electrons. The summed E-state index contributed by atoms with van der Waals surface area (Å²) in [6, 6.07) is 2.11. The van der Waals surface area contributed by atoms with E-state index >= 15 is 0 Å². The molecule has 1 heterocycles. The number of hydrogen-bond donors (Lipinski definition) is 0. The first kappa shape index (κ1) is 12.2. The molecule has 0 aromatic carbocycles. The highest BCUT2D eigenvalue weighted by Gasteiger charge is 2.28. The molecule has 2 nitrogen and oxygen atoms in total. The Morgan fingerprint density at radius 1 is 1.56 bits per heavy atom. The third-order valence-corrected chi connectivity index (χ3v) is 4.32. The maximum absolute atomic E-state index is 5.98. The van der Waals surface area contributed by atoms with Crippen LogP contribution in [0.2, 0.25) is 0 Å². The second-order valence-electron chi connectivity index (χ2n) is 4.61. The molecular weight excluding hydrogens is 288 g/mol. The largest absolute Gasteiger partial charge is 0.359 e. The van der Waals surface area contributed by atoms with Gasteiger partial charge in [-0.05, 0) is 53.2 Å². The van der Waals surface area contributed by atoms with Crippen LogP contribution in [0.15, 0.2) is 16.7 Å². The van der Waals surface area contributed by atoms with E-state index in [-0.39, 0.29) is 0 Å². The summed E-state index contributed by atoms with van der Waals surface area (Å²) >= 11 is 9.44. The van der Waals surface area contributed by atoms with Gasteiger partial charge in [0, 0.05) is 29.6 Å². The normalized spacial score (nSPS) is 24.0. The van der Waals surface area contributed by atoms with E-state index in [0.29, 0.717) is 5.38 Å². The van der Waals surface area contributed by atoms with Gasteiger partial charge in [-0.15, -0.1) is 11.6 Å². The highest BCUT2D eigenvalue weighted by atomic mass is 79.9. The van der Waals surface area contributed by atoms with E-state index in [4.69, 9.17) is 11.6 Å². The van der Waals surface area contributed by atoms with Crippen LogP contribution in [0.25, 0.3) is 0 Å². The van der Waals surface area contributed by atoms with Crippen molar-refractivity contribution in [2.75, 3.05) is 18.5 Å². The number of aryl methyl sites for hydroxylation is 1. The summed E-state index contributed by atoms with van der Waals surface area (Å²) in [6.07, 6.45) is 4.15. The standard InChI is InChI=1S/C12H16BrClN2/c1-8-3-12(15-6-11(8)13)16(2)7-9-4-10(14)5-9/h3,6,9-10H,4-5,7H2,1-2H3. The maximum Gasteiger partial charge on any atom is 0.128 e. The zero-order chi connectivity index (χ0) is 11.7. The second kappa shape index (κ2) is 4.92. The number of nitrogens with zero attached hydrogens (tertiary/aromatic N) is 2. The van der Waals surface area contributed by atoms with Crippen LogP contribution in [0.4, 0.5) is 5.82 Å². The van der Waals surface area contributed by atoms with Crippen molar-refractivity contribution in [1.82, 2.24) is 4.98 Å². The number of halogens is 2. The van der Waals surface area contributed by atoms with Crippen LogP contribution in [0.3, 0.4) is 0 Å². The van der Waals surface area contributed by atoms with E-state index in [1.807, 2.05) is 6.20 Å². The molecule has 1 saturated carbocycles. The van der Waals surface area contributed by atoms with Crippen LogP contribution in [0, 0.1) is 12.8 Å². The summed E-state index contributed by atoms with van der Waals surface area (Å²) in [5.74, 6) is 1.77. The molecule has 0 spiro atoms. The Morgan fingerprint density at radius 2 is 2.25 bits per heavy atom. The molecule has 0 aliphatic heterocycles. The van der Waals surface area contributed by atoms with Gasteiger partial charge in [0.15, 0.2) is 0 Å². The lowest BCUT2D eigenvalue weighted by Gasteiger charge is -2.34. The Balaban J connectivity index is 1.97. The minimum absolute atomic E-state index is 0.401. The topological polar surface area (TPSA) is 16.1 Å². The molecule has 0 unspecified atom stereocenters. The van der Waals surface area contributed by atoms with Gasteiger partial charge in [-0.1, -0.05) is 0 Å². The minimum Gasteiger partial charge on any atom is -0.359 e. The Kier molecular flexibility index (Phi) is 3.75. The quantitative estimate of drug-likeness (QED) is 0.793. The predicted molar refractivity (Wildman–Crippen MR) is 72.3 cm³/mol. The fourth-order valence-corrected chi connectivity index (χ4v) is 2.74. The van der Waals surface area contributed by atoms with Crippen molar-refractivity contribution >= 4 is 33.3 Å². The molecule has 1 aliphatic carbocycles. The molecule has 4 heteroatoms. The first-order valence-electron chi connectivity index (χ1n) is 5.53. The van der Waals surface area contributed by atoms with E-state index in [0.717, 1.165) is 35.6 Å². The Morgan fingerprint density at radius 3 is 2.81 bits per heavy atom. The maximum atomic E-state index is 5.98. The van der Waals surface area contributed by atoms with Gasteiger partial charge in [0.2, 0.25) is 0 Å². The van der Waals surface area contributed by atoms with Crippen LogP contribution in [-0.4, -0.2) is 24.0 Å². The third-order valence-electron chi connectivity index (χ3n) is 3.13. The SMILES string of the molecule is Cc1cc(N(C)CC2CC(Cl)C2)ncc1Br. The van der Waals surface area contributed by atoms with Gasteiger partial charge in [-0.25, -0.2) is 4.98 Å². The molecule has 0 atom stereocenters.